The number of nitriles is 1. The summed E-state index contributed by atoms with van der Waals surface area (Å²) < 4.78 is 35.9. The largest absolute Gasteiger partial charge is 0.435 e. The molecule has 2 aromatic carbocycles. The number of thiazole rings is 1. The van der Waals surface area contributed by atoms with Gasteiger partial charge in [0.15, 0.2) is 0 Å². The Kier molecular flexibility index (Phi) is 7.43. The van der Waals surface area contributed by atoms with Crippen LogP contribution >= 0.6 is 11.3 Å². The minimum Gasteiger partial charge on any atom is -0.435 e. The molecule has 0 radical (unpaired) electrons. The third kappa shape index (κ3) is 5.59. The van der Waals surface area contributed by atoms with Crippen molar-refractivity contribution in [3.63, 3.8) is 0 Å². The predicted octanol–water partition coefficient (Wildman–Crippen LogP) is 4.12. The Morgan fingerprint density at radius 3 is 2.53 bits per heavy atom. The molecular weight excluding hydrogens is 410 g/mol. The standard InChI is InChI=1S/C21H18F2N4O2S/c1-28-11-10-25-21-27(26-13-16-4-2-15(12-24)3-5-16)19(14-30-21)17-6-8-18(9-7-17)29-20(22)23/h2-9,13-14,20H,10-11H2,1H3. The molecule has 9 heteroatoms. The molecule has 0 aliphatic rings. The lowest BCUT2D eigenvalue weighted by Crippen LogP contribution is -2.13. The minimum atomic E-state index is -2.87. The number of rotatable bonds is 8. The van der Waals surface area contributed by atoms with E-state index in [9.17, 15) is 8.78 Å². The van der Waals surface area contributed by atoms with Crippen molar-refractivity contribution >= 4 is 17.6 Å². The summed E-state index contributed by atoms with van der Waals surface area (Å²) in [6, 6.07) is 15.4. The highest BCUT2D eigenvalue weighted by atomic mass is 32.1. The zero-order valence-corrected chi connectivity index (χ0v) is 16.9. The van der Waals surface area contributed by atoms with E-state index in [1.54, 1.807) is 54.4 Å². The van der Waals surface area contributed by atoms with Gasteiger partial charge in [0.1, 0.15) is 5.75 Å². The highest BCUT2D eigenvalue weighted by Crippen LogP contribution is 2.24. The summed E-state index contributed by atoms with van der Waals surface area (Å²) in [5, 5.41) is 15.4. The van der Waals surface area contributed by atoms with E-state index in [1.807, 2.05) is 5.38 Å². The van der Waals surface area contributed by atoms with Gasteiger partial charge in [-0.15, -0.1) is 11.3 Å². The first-order valence-corrected chi connectivity index (χ1v) is 9.78. The summed E-state index contributed by atoms with van der Waals surface area (Å²) >= 11 is 1.41. The summed E-state index contributed by atoms with van der Waals surface area (Å²) in [5.41, 5.74) is 2.92. The Hall–Kier alpha value is -3.35. The fourth-order valence-corrected chi connectivity index (χ4v) is 3.39. The van der Waals surface area contributed by atoms with Gasteiger partial charge in [-0.2, -0.15) is 19.1 Å². The molecule has 0 atom stereocenters. The monoisotopic (exact) mass is 428 g/mol. The van der Waals surface area contributed by atoms with Crippen LogP contribution < -0.4 is 9.54 Å². The van der Waals surface area contributed by atoms with Crippen molar-refractivity contribution in [2.75, 3.05) is 20.3 Å². The number of hydrogen-bond donors (Lipinski definition) is 0. The molecule has 1 heterocycles. The second-order valence-corrected chi connectivity index (χ2v) is 6.81. The first-order chi connectivity index (χ1) is 14.6. The van der Waals surface area contributed by atoms with Gasteiger partial charge in [-0.25, -0.2) is 4.68 Å². The summed E-state index contributed by atoms with van der Waals surface area (Å²) in [6.07, 6.45) is 1.67. The zero-order chi connectivity index (χ0) is 21.3. The van der Waals surface area contributed by atoms with Gasteiger partial charge in [0.25, 0.3) is 0 Å². The SMILES string of the molecule is COCCN=c1scc(-c2ccc(OC(F)F)cc2)n1N=Cc1ccc(C#N)cc1. The van der Waals surface area contributed by atoms with Crippen LogP contribution in [-0.4, -0.2) is 37.8 Å². The van der Waals surface area contributed by atoms with Crippen LogP contribution in [0.4, 0.5) is 8.78 Å². The van der Waals surface area contributed by atoms with E-state index in [0.717, 1.165) is 16.8 Å². The first kappa shape index (κ1) is 21.4. The molecule has 30 heavy (non-hydrogen) atoms. The number of aromatic nitrogens is 1. The van der Waals surface area contributed by atoms with Crippen molar-refractivity contribution in [1.29, 1.82) is 5.26 Å². The van der Waals surface area contributed by atoms with Crippen LogP contribution in [0.15, 0.2) is 64.0 Å². The van der Waals surface area contributed by atoms with Crippen LogP contribution in [0.2, 0.25) is 0 Å². The van der Waals surface area contributed by atoms with Gasteiger partial charge >= 0.3 is 6.61 Å². The van der Waals surface area contributed by atoms with Gasteiger partial charge in [0.2, 0.25) is 4.80 Å². The highest BCUT2D eigenvalue weighted by molar-refractivity contribution is 7.07. The average Bonchev–Trinajstić information content (AvgIpc) is 3.15. The lowest BCUT2D eigenvalue weighted by molar-refractivity contribution is -0.0498. The molecule has 1 aromatic heterocycles. The van der Waals surface area contributed by atoms with Gasteiger partial charge in [-0.05, 0) is 42.0 Å². The third-order valence-corrected chi connectivity index (χ3v) is 4.82. The molecule has 0 saturated carbocycles. The summed E-state index contributed by atoms with van der Waals surface area (Å²) in [6.45, 7) is -1.92. The van der Waals surface area contributed by atoms with Crippen LogP contribution in [0.3, 0.4) is 0 Å². The van der Waals surface area contributed by atoms with Crippen LogP contribution in [0, 0.1) is 11.3 Å². The van der Waals surface area contributed by atoms with E-state index in [-0.39, 0.29) is 5.75 Å². The molecular formula is C21H18F2N4O2S. The minimum absolute atomic E-state index is 0.0848. The second kappa shape index (κ2) is 10.4. The number of ether oxygens (including phenoxy) is 2. The van der Waals surface area contributed by atoms with Gasteiger partial charge < -0.3 is 9.47 Å². The summed E-state index contributed by atoms with van der Waals surface area (Å²) in [5.74, 6) is 0.0848. The fourth-order valence-electron chi connectivity index (χ4n) is 2.53. The van der Waals surface area contributed by atoms with E-state index >= 15 is 0 Å². The molecule has 0 spiro atoms. The Bertz CT molecular complexity index is 1100. The number of nitrogens with zero attached hydrogens (tertiary/aromatic N) is 4. The maximum atomic E-state index is 12.4. The van der Waals surface area contributed by atoms with E-state index < -0.39 is 6.61 Å². The van der Waals surface area contributed by atoms with E-state index in [4.69, 9.17) is 10.00 Å². The molecule has 0 aliphatic carbocycles. The van der Waals surface area contributed by atoms with Crippen molar-refractivity contribution in [3.05, 3.63) is 69.8 Å². The van der Waals surface area contributed by atoms with Crippen LogP contribution in [0.25, 0.3) is 11.3 Å². The molecule has 0 aliphatic heterocycles. The van der Waals surface area contributed by atoms with Crippen molar-refractivity contribution in [2.24, 2.45) is 10.1 Å². The number of methoxy groups -OCH3 is 1. The lowest BCUT2D eigenvalue weighted by atomic mass is 10.1. The average molecular weight is 428 g/mol. The number of alkyl halides is 2. The normalized spacial score (nSPS) is 11.9. The van der Waals surface area contributed by atoms with Crippen molar-refractivity contribution in [2.45, 2.75) is 6.61 Å². The first-order valence-electron chi connectivity index (χ1n) is 8.90. The number of halogens is 2. The molecule has 3 rings (SSSR count). The summed E-state index contributed by atoms with van der Waals surface area (Å²) in [7, 11) is 1.61. The predicted molar refractivity (Wildman–Crippen MR) is 111 cm³/mol. The molecule has 0 unspecified atom stereocenters. The molecule has 154 valence electrons. The van der Waals surface area contributed by atoms with Crippen LogP contribution in [0.1, 0.15) is 11.1 Å². The van der Waals surface area contributed by atoms with Crippen molar-refractivity contribution in [1.82, 2.24) is 4.68 Å². The molecule has 6 nitrogen and oxygen atoms in total. The second-order valence-electron chi connectivity index (χ2n) is 5.97. The van der Waals surface area contributed by atoms with Crippen molar-refractivity contribution < 1.29 is 18.3 Å². The van der Waals surface area contributed by atoms with Gasteiger partial charge in [-0.3, -0.25) is 4.99 Å². The molecule has 0 bridgehead atoms. The number of hydrogen-bond acceptors (Lipinski definition) is 6. The topological polar surface area (TPSA) is 71.9 Å². The van der Waals surface area contributed by atoms with E-state index in [2.05, 4.69) is 20.9 Å². The third-order valence-electron chi connectivity index (χ3n) is 3.97. The Labute approximate surface area is 176 Å². The zero-order valence-electron chi connectivity index (χ0n) is 16.0. The Morgan fingerprint density at radius 2 is 1.90 bits per heavy atom. The molecule has 0 fully saturated rings. The van der Waals surface area contributed by atoms with Crippen LogP contribution in [-0.2, 0) is 4.74 Å². The van der Waals surface area contributed by atoms with Gasteiger partial charge in [0.05, 0.1) is 36.7 Å². The Morgan fingerprint density at radius 1 is 1.17 bits per heavy atom. The number of benzene rings is 2. The maximum absolute atomic E-state index is 12.4. The quantitative estimate of drug-likeness (QED) is 0.400. The molecule has 3 aromatic rings. The molecule has 0 amide bonds. The van der Waals surface area contributed by atoms with E-state index in [0.29, 0.717) is 23.5 Å². The Balaban J connectivity index is 1.96. The molecule has 0 N–H and O–H groups in total. The van der Waals surface area contributed by atoms with Gasteiger partial charge in [-0.1, -0.05) is 12.1 Å². The van der Waals surface area contributed by atoms with Crippen LogP contribution in [0.5, 0.6) is 5.75 Å². The van der Waals surface area contributed by atoms with Crippen molar-refractivity contribution in [3.8, 4) is 23.1 Å². The molecule has 0 saturated heterocycles. The summed E-state index contributed by atoms with van der Waals surface area (Å²) in [4.78, 5) is 5.18. The smallest absolute Gasteiger partial charge is 0.387 e. The lowest BCUT2D eigenvalue weighted by Gasteiger charge is -2.07. The maximum Gasteiger partial charge on any atom is 0.387 e. The van der Waals surface area contributed by atoms with E-state index in [1.165, 1.54) is 23.5 Å². The highest BCUT2D eigenvalue weighted by Gasteiger charge is 2.09. The fraction of sp³-hybridized carbons (Fsp3) is 0.190. The van der Waals surface area contributed by atoms with Gasteiger partial charge in [0, 0.05) is 18.1 Å².